The molecule has 0 aromatic rings. The maximum absolute atomic E-state index is 12.9. The molecular weight excluding hydrogens is 805 g/mol. The Morgan fingerprint density at radius 1 is 0.500 bits per heavy atom. The fraction of sp³-hybridized carbons (Fsp3) is 0.915. The summed E-state index contributed by atoms with van der Waals surface area (Å²) < 4.78 is 33.4. The van der Waals surface area contributed by atoms with Crippen molar-refractivity contribution in [1.82, 2.24) is 0 Å². The highest BCUT2D eigenvalue weighted by atomic mass is 16.7. The van der Waals surface area contributed by atoms with E-state index in [1.165, 1.54) is 109 Å². The quantitative estimate of drug-likeness (QED) is 0.0221. The van der Waals surface area contributed by atoms with Crippen LogP contribution in [0.4, 0.5) is 0 Å². The highest BCUT2D eigenvalue weighted by molar-refractivity contribution is 5.70. The molecule has 0 spiro atoms. The maximum atomic E-state index is 12.9. The number of hydrogen-bond donors (Lipinski definition) is 7. The van der Waals surface area contributed by atoms with Crippen LogP contribution in [-0.2, 0) is 38.0 Å². The lowest BCUT2D eigenvalue weighted by Gasteiger charge is -2.42. The van der Waals surface area contributed by atoms with E-state index in [1.807, 2.05) is 6.08 Å². The summed E-state index contributed by atoms with van der Waals surface area (Å²) >= 11 is 0. The van der Waals surface area contributed by atoms with Gasteiger partial charge in [-0.15, -0.1) is 0 Å². The molecular formula is C47H86O15. The summed E-state index contributed by atoms with van der Waals surface area (Å²) in [4.78, 5) is 25.6. The van der Waals surface area contributed by atoms with Crippen molar-refractivity contribution in [3.8, 4) is 0 Å². The highest BCUT2D eigenvalue weighted by Gasteiger charge is 2.47. The van der Waals surface area contributed by atoms with Crippen LogP contribution < -0.4 is 0 Å². The Kier molecular flexibility index (Phi) is 32.3. The summed E-state index contributed by atoms with van der Waals surface area (Å²) in [6.45, 7) is 2.54. The molecule has 2 aliphatic heterocycles. The molecule has 4 unspecified atom stereocenters. The fourth-order valence-corrected chi connectivity index (χ4v) is 7.70. The molecule has 62 heavy (non-hydrogen) atoms. The Morgan fingerprint density at radius 2 is 0.952 bits per heavy atom. The van der Waals surface area contributed by atoms with Crippen LogP contribution in [0, 0.1) is 0 Å². The highest BCUT2D eigenvalue weighted by Crippen LogP contribution is 2.26. The smallest absolute Gasteiger partial charge is 0.306 e. The summed E-state index contributed by atoms with van der Waals surface area (Å²) in [6, 6.07) is 0. The molecule has 2 fully saturated rings. The summed E-state index contributed by atoms with van der Waals surface area (Å²) in [5.41, 5.74) is 0. The van der Waals surface area contributed by atoms with Gasteiger partial charge in [-0.05, 0) is 25.7 Å². The van der Waals surface area contributed by atoms with Crippen LogP contribution in [0.2, 0.25) is 0 Å². The average molecular weight is 891 g/mol. The first-order valence-corrected chi connectivity index (χ1v) is 24.3. The zero-order valence-corrected chi connectivity index (χ0v) is 38.1. The molecule has 2 heterocycles. The minimum Gasteiger partial charge on any atom is -0.462 e. The van der Waals surface area contributed by atoms with E-state index >= 15 is 0 Å². The van der Waals surface area contributed by atoms with E-state index < -0.39 is 99.3 Å². The maximum Gasteiger partial charge on any atom is 0.306 e. The zero-order valence-electron chi connectivity index (χ0n) is 38.1. The van der Waals surface area contributed by atoms with E-state index in [0.29, 0.717) is 12.8 Å². The standard InChI is InChI=1S/C47H86O15/c1-3-5-7-9-11-13-15-16-17-18-20-22-24-26-28-30-39(50)60-35(32-57-38(49)29-27-25-23-21-19-14-12-10-8-6-4-2)33-58-46-45(56)43(54)41(52)37(62-46)34-59-47-44(55)42(53)40(51)36(31-48)61-47/h24,26,35-37,40-48,51-56H,3-23,25,27-34H2,1-2H3/b26-24+/t35-,36-,37-,40+,41+,42?,43?,44?,45?,46-,47-/m1/s1. The minimum absolute atomic E-state index is 0.0861. The predicted molar refractivity (Wildman–Crippen MR) is 234 cm³/mol. The van der Waals surface area contributed by atoms with Gasteiger partial charge in [0.15, 0.2) is 18.7 Å². The van der Waals surface area contributed by atoms with Gasteiger partial charge in [0.05, 0.1) is 19.8 Å². The van der Waals surface area contributed by atoms with Crippen molar-refractivity contribution in [3.05, 3.63) is 12.2 Å². The molecule has 2 saturated heterocycles. The van der Waals surface area contributed by atoms with Gasteiger partial charge in [0, 0.05) is 12.8 Å². The lowest BCUT2D eigenvalue weighted by Crippen LogP contribution is -2.61. The van der Waals surface area contributed by atoms with Crippen molar-refractivity contribution >= 4 is 11.9 Å². The van der Waals surface area contributed by atoms with E-state index in [2.05, 4.69) is 19.9 Å². The molecule has 0 bridgehead atoms. The predicted octanol–water partition coefficient (Wildman–Crippen LogP) is 5.82. The zero-order chi connectivity index (χ0) is 45.4. The molecule has 15 nitrogen and oxygen atoms in total. The number of carbonyl (C=O) groups excluding carboxylic acids is 2. The Hall–Kier alpha value is -1.76. The van der Waals surface area contributed by atoms with Crippen molar-refractivity contribution in [3.63, 3.8) is 0 Å². The molecule has 0 aromatic heterocycles. The first-order chi connectivity index (χ1) is 30.0. The lowest BCUT2D eigenvalue weighted by atomic mass is 9.98. The third kappa shape index (κ3) is 24.0. The molecule has 0 aromatic carbocycles. The number of rotatable bonds is 37. The molecule has 364 valence electrons. The summed E-state index contributed by atoms with van der Waals surface area (Å²) in [6.07, 6.45) is 15.5. The van der Waals surface area contributed by atoms with Crippen molar-refractivity contribution in [2.45, 2.75) is 248 Å². The number of ether oxygens (including phenoxy) is 6. The molecule has 11 atom stereocenters. The van der Waals surface area contributed by atoms with E-state index in [-0.39, 0.29) is 19.4 Å². The van der Waals surface area contributed by atoms with Gasteiger partial charge < -0.3 is 64.2 Å². The van der Waals surface area contributed by atoms with E-state index in [4.69, 9.17) is 28.4 Å². The van der Waals surface area contributed by atoms with Gasteiger partial charge >= 0.3 is 11.9 Å². The Balaban J connectivity index is 1.85. The van der Waals surface area contributed by atoms with Gasteiger partial charge in [-0.25, -0.2) is 0 Å². The van der Waals surface area contributed by atoms with Gasteiger partial charge in [0.25, 0.3) is 0 Å². The second-order valence-corrected chi connectivity index (χ2v) is 17.3. The monoisotopic (exact) mass is 891 g/mol. The van der Waals surface area contributed by atoms with Gasteiger partial charge in [-0.3, -0.25) is 9.59 Å². The minimum atomic E-state index is -1.77. The second-order valence-electron chi connectivity index (χ2n) is 17.3. The normalized spacial score (nSPS) is 27.1. The van der Waals surface area contributed by atoms with Crippen molar-refractivity contribution in [2.24, 2.45) is 0 Å². The number of allylic oxidation sites excluding steroid dienone is 2. The van der Waals surface area contributed by atoms with E-state index in [9.17, 15) is 45.3 Å². The molecule has 7 N–H and O–H groups in total. The molecule has 0 amide bonds. The molecule has 0 aliphatic carbocycles. The summed E-state index contributed by atoms with van der Waals surface area (Å²) in [7, 11) is 0. The lowest BCUT2D eigenvalue weighted by molar-refractivity contribution is -0.332. The number of hydrogen-bond acceptors (Lipinski definition) is 15. The third-order valence-electron chi connectivity index (χ3n) is 11.8. The Bertz CT molecular complexity index is 1140. The van der Waals surface area contributed by atoms with Crippen LogP contribution >= 0.6 is 0 Å². The molecule has 0 radical (unpaired) electrons. The largest absolute Gasteiger partial charge is 0.462 e. The van der Waals surface area contributed by atoms with E-state index in [0.717, 1.165) is 32.1 Å². The van der Waals surface area contributed by atoms with Crippen LogP contribution in [0.25, 0.3) is 0 Å². The van der Waals surface area contributed by atoms with Crippen LogP contribution in [0.1, 0.15) is 181 Å². The molecule has 2 aliphatic rings. The SMILES string of the molecule is CCCCCCCCCCCCC/C=C/CCC(=O)O[C@H](COC(=O)CCCCCCCCCCCCC)CO[C@@H]1O[C@H](CO[C@@H]2O[C@H](CO)[C@H](O)C(O)C2O)[C@H](O)C(O)C1O. The van der Waals surface area contributed by atoms with Crippen molar-refractivity contribution in [2.75, 3.05) is 26.4 Å². The third-order valence-corrected chi connectivity index (χ3v) is 11.8. The fourth-order valence-electron chi connectivity index (χ4n) is 7.70. The number of carbonyl (C=O) groups is 2. The van der Waals surface area contributed by atoms with Gasteiger partial charge in [0.2, 0.25) is 0 Å². The second kappa shape index (κ2) is 35.5. The van der Waals surface area contributed by atoms with Crippen LogP contribution in [-0.4, -0.2) is 142 Å². The number of aliphatic hydroxyl groups is 7. The number of aliphatic hydroxyl groups excluding tert-OH is 7. The van der Waals surface area contributed by atoms with Crippen LogP contribution in [0.5, 0.6) is 0 Å². The first-order valence-electron chi connectivity index (χ1n) is 24.3. The summed E-state index contributed by atoms with van der Waals surface area (Å²) in [5, 5.41) is 71.9. The van der Waals surface area contributed by atoms with Gasteiger partial charge in [0.1, 0.15) is 55.4 Å². The number of esters is 2. The van der Waals surface area contributed by atoms with Crippen LogP contribution in [0.15, 0.2) is 12.2 Å². The first kappa shape index (κ1) is 56.4. The Morgan fingerprint density at radius 3 is 1.48 bits per heavy atom. The average Bonchev–Trinajstić information content (AvgIpc) is 3.26. The molecule has 0 saturated carbocycles. The molecule has 15 heteroatoms. The van der Waals surface area contributed by atoms with Gasteiger partial charge in [-0.1, -0.05) is 154 Å². The van der Waals surface area contributed by atoms with Gasteiger partial charge in [-0.2, -0.15) is 0 Å². The summed E-state index contributed by atoms with van der Waals surface area (Å²) in [5.74, 6) is -0.976. The van der Waals surface area contributed by atoms with E-state index in [1.54, 1.807) is 0 Å². The van der Waals surface area contributed by atoms with Crippen LogP contribution in [0.3, 0.4) is 0 Å². The van der Waals surface area contributed by atoms with Crippen molar-refractivity contribution in [1.29, 1.82) is 0 Å². The topological polar surface area (TPSA) is 231 Å². The Labute approximate surface area is 371 Å². The van der Waals surface area contributed by atoms with Crippen molar-refractivity contribution < 1.29 is 73.8 Å². The molecule has 2 rings (SSSR count). The number of unbranched alkanes of at least 4 members (excludes halogenated alkanes) is 21.